The van der Waals surface area contributed by atoms with Crippen LogP contribution in [0.25, 0.3) is 0 Å². The zero-order valence-corrected chi connectivity index (χ0v) is 10.8. The van der Waals surface area contributed by atoms with Gasteiger partial charge in [0, 0.05) is 12.2 Å². The van der Waals surface area contributed by atoms with Gasteiger partial charge < -0.3 is 5.11 Å². The Hall–Kier alpha value is -1.51. The molecule has 1 aromatic rings. The van der Waals surface area contributed by atoms with E-state index in [0.29, 0.717) is 12.5 Å². The molecule has 0 heterocycles. The Balaban J connectivity index is 2.99. The number of rotatable bonds is 5. The lowest BCUT2D eigenvalue weighted by Crippen LogP contribution is -2.29. The summed E-state index contributed by atoms with van der Waals surface area (Å²) in [6.07, 6.45) is 0.998. The molecule has 17 heavy (non-hydrogen) atoms. The van der Waals surface area contributed by atoms with E-state index in [1.807, 2.05) is 25.1 Å². The maximum Gasteiger partial charge on any atom is 0.411 e. The number of nitrogens with zero attached hydrogens (tertiary/aromatic N) is 1. The highest BCUT2D eigenvalue weighted by molar-refractivity contribution is 5.86. The summed E-state index contributed by atoms with van der Waals surface area (Å²) in [7, 11) is 0. The van der Waals surface area contributed by atoms with E-state index < -0.39 is 6.09 Å². The molecule has 94 valence electrons. The van der Waals surface area contributed by atoms with E-state index in [-0.39, 0.29) is 0 Å². The van der Waals surface area contributed by atoms with Gasteiger partial charge in [0.05, 0.1) is 0 Å². The minimum Gasteiger partial charge on any atom is -0.465 e. The summed E-state index contributed by atoms with van der Waals surface area (Å²) >= 11 is 0. The molecule has 0 saturated heterocycles. The van der Waals surface area contributed by atoms with Crippen molar-refractivity contribution in [2.24, 2.45) is 0 Å². The second kappa shape index (κ2) is 6.28. The molecular weight excluding hydrogens is 214 g/mol. The molecule has 3 heteroatoms. The van der Waals surface area contributed by atoms with Crippen molar-refractivity contribution in [1.82, 2.24) is 0 Å². The van der Waals surface area contributed by atoms with Crippen LogP contribution < -0.4 is 4.90 Å². The third-order valence-corrected chi connectivity index (χ3v) is 3.04. The fourth-order valence-electron chi connectivity index (χ4n) is 1.79. The largest absolute Gasteiger partial charge is 0.465 e. The fraction of sp³-hybridized carbons (Fsp3) is 0.500. The van der Waals surface area contributed by atoms with Crippen LogP contribution in [0.3, 0.4) is 0 Å². The van der Waals surface area contributed by atoms with Gasteiger partial charge in [0.2, 0.25) is 0 Å². The van der Waals surface area contributed by atoms with Gasteiger partial charge in [-0.3, -0.25) is 4.90 Å². The smallest absolute Gasteiger partial charge is 0.411 e. The van der Waals surface area contributed by atoms with Crippen molar-refractivity contribution in [2.75, 3.05) is 11.4 Å². The Morgan fingerprint density at radius 1 is 1.41 bits per heavy atom. The summed E-state index contributed by atoms with van der Waals surface area (Å²) in [4.78, 5) is 12.6. The monoisotopic (exact) mass is 235 g/mol. The third kappa shape index (κ3) is 3.48. The van der Waals surface area contributed by atoms with E-state index in [4.69, 9.17) is 0 Å². The number of anilines is 1. The summed E-state index contributed by atoms with van der Waals surface area (Å²) in [5, 5.41) is 9.17. The third-order valence-electron chi connectivity index (χ3n) is 3.04. The molecule has 0 aromatic heterocycles. The Bertz CT molecular complexity index is 376. The summed E-state index contributed by atoms with van der Waals surface area (Å²) in [6, 6.07) is 7.83. The Kier molecular flexibility index (Phi) is 5.01. The molecule has 3 nitrogen and oxygen atoms in total. The predicted octanol–water partition coefficient (Wildman–Crippen LogP) is 4.09. The van der Waals surface area contributed by atoms with E-state index in [9.17, 15) is 9.90 Å². The second-order valence-corrected chi connectivity index (χ2v) is 4.34. The van der Waals surface area contributed by atoms with Crippen molar-refractivity contribution in [3.63, 3.8) is 0 Å². The predicted molar refractivity (Wildman–Crippen MR) is 70.8 cm³/mol. The number of carbonyl (C=O) groups is 1. The molecule has 1 unspecified atom stereocenters. The van der Waals surface area contributed by atoms with Crippen molar-refractivity contribution in [3.8, 4) is 0 Å². The SMILES string of the molecule is CCCN(C(=O)O)c1cccc(C(C)CC)c1. The average molecular weight is 235 g/mol. The number of amides is 1. The van der Waals surface area contributed by atoms with Crippen LogP contribution >= 0.6 is 0 Å². The lowest BCUT2D eigenvalue weighted by molar-refractivity contribution is 0.202. The standard InChI is InChI=1S/C14H21NO2/c1-4-9-15(14(16)17)13-8-6-7-12(10-13)11(3)5-2/h6-8,10-11H,4-5,9H2,1-3H3,(H,16,17). The van der Waals surface area contributed by atoms with Crippen molar-refractivity contribution in [3.05, 3.63) is 29.8 Å². The van der Waals surface area contributed by atoms with Crippen LogP contribution in [0.1, 0.15) is 45.1 Å². The maximum absolute atomic E-state index is 11.2. The van der Waals surface area contributed by atoms with Gasteiger partial charge >= 0.3 is 6.09 Å². The zero-order valence-electron chi connectivity index (χ0n) is 10.8. The van der Waals surface area contributed by atoms with Gasteiger partial charge in [-0.1, -0.05) is 32.9 Å². The first-order valence-corrected chi connectivity index (χ1v) is 6.20. The minimum absolute atomic E-state index is 0.465. The molecule has 0 radical (unpaired) electrons. The molecule has 1 rings (SSSR count). The quantitative estimate of drug-likeness (QED) is 0.834. The van der Waals surface area contributed by atoms with Crippen LogP contribution in [0.15, 0.2) is 24.3 Å². The normalized spacial score (nSPS) is 12.2. The topological polar surface area (TPSA) is 40.5 Å². The van der Waals surface area contributed by atoms with Crippen molar-refractivity contribution >= 4 is 11.8 Å². The molecule has 1 amide bonds. The van der Waals surface area contributed by atoms with Gasteiger partial charge in [0.1, 0.15) is 0 Å². The van der Waals surface area contributed by atoms with Crippen LogP contribution in [0, 0.1) is 0 Å². The van der Waals surface area contributed by atoms with Crippen molar-refractivity contribution < 1.29 is 9.90 Å². The lowest BCUT2D eigenvalue weighted by atomic mass is 9.98. The molecule has 0 fully saturated rings. The Labute approximate surface area is 103 Å². The number of carboxylic acid groups (broad SMARTS) is 1. The maximum atomic E-state index is 11.2. The van der Waals surface area contributed by atoms with Gasteiger partial charge in [-0.15, -0.1) is 0 Å². The zero-order chi connectivity index (χ0) is 12.8. The molecule has 0 bridgehead atoms. The Morgan fingerprint density at radius 2 is 2.12 bits per heavy atom. The van der Waals surface area contributed by atoms with Crippen LogP contribution in [-0.2, 0) is 0 Å². The Morgan fingerprint density at radius 3 is 2.65 bits per heavy atom. The van der Waals surface area contributed by atoms with Crippen LogP contribution in [-0.4, -0.2) is 17.7 Å². The van der Waals surface area contributed by atoms with E-state index in [1.165, 1.54) is 10.5 Å². The van der Waals surface area contributed by atoms with Crippen molar-refractivity contribution in [1.29, 1.82) is 0 Å². The van der Waals surface area contributed by atoms with Crippen LogP contribution in [0.5, 0.6) is 0 Å². The van der Waals surface area contributed by atoms with E-state index in [0.717, 1.165) is 18.5 Å². The molecule has 0 aliphatic heterocycles. The summed E-state index contributed by atoms with van der Waals surface area (Å²) < 4.78 is 0. The van der Waals surface area contributed by atoms with Gasteiger partial charge in [-0.05, 0) is 36.5 Å². The van der Waals surface area contributed by atoms with E-state index in [1.54, 1.807) is 0 Å². The fourth-order valence-corrected chi connectivity index (χ4v) is 1.79. The number of hydrogen-bond acceptors (Lipinski definition) is 1. The first-order chi connectivity index (χ1) is 8.10. The summed E-state index contributed by atoms with van der Waals surface area (Å²) in [5.74, 6) is 0.465. The van der Waals surface area contributed by atoms with E-state index >= 15 is 0 Å². The summed E-state index contributed by atoms with van der Waals surface area (Å²) in [6.45, 7) is 6.82. The first kappa shape index (κ1) is 13.6. The lowest BCUT2D eigenvalue weighted by Gasteiger charge is -2.20. The molecule has 0 spiro atoms. The molecule has 1 aromatic carbocycles. The molecule has 1 atom stereocenters. The molecule has 1 N–H and O–H groups in total. The van der Waals surface area contributed by atoms with Gasteiger partial charge in [0.25, 0.3) is 0 Å². The van der Waals surface area contributed by atoms with E-state index in [2.05, 4.69) is 19.9 Å². The van der Waals surface area contributed by atoms with Crippen molar-refractivity contribution in [2.45, 2.75) is 39.5 Å². The minimum atomic E-state index is -0.881. The molecular formula is C14H21NO2. The summed E-state index contributed by atoms with van der Waals surface area (Å²) in [5.41, 5.74) is 1.98. The highest BCUT2D eigenvalue weighted by Gasteiger charge is 2.14. The average Bonchev–Trinajstić information content (AvgIpc) is 2.34. The molecule has 0 aliphatic carbocycles. The van der Waals surface area contributed by atoms with Gasteiger partial charge in [0.15, 0.2) is 0 Å². The molecule has 0 aliphatic rings. The number of hydrogen-bond donors (Lipinski definition) is 1. The van der Waals surface area contributed by atoms with Gasteiger partial charge in [-0.25, -0.2) is 4.79 Å². The highest BCUT2D eigenvalue weighted by atomic mass is 16.4. The highest BCUT2D eigenvalue weighted by Crippen LogP contribution is 2.24. The van der Waals surface area contributed by atoms with Crippen LogP contribution in [0.4, 0.5) is 10.5 Å². The first-order valence-electron chi connectivity index (χ1n) is 6.20. The number of benzene rings is 1. The molecule has 0 saturated carbocycles. The van der Waals surface area contributed by atoms with Gasteiger partial charge in [-0.2, -0.15) is 0 Å². The van der Waals surface area contributed by atoms with Crippen LogP contribution in [0.2, 0.25) is 0 Å². The second-order valence-electron chi connectivity index (χ2n) is 4.34.